The van der Waals surface area contributed by atoms with Crippen LogP contribution in [0.5, 0.6) is 5.75 Å². The summed E-state index contributed by atoms with van der Waals surface area (Å²) in [6, 6.07) is 13.3. The fourth-order valence-electron chi connectivity index (χ4n) is 5.04. The van der Waals surface area contributed by atoms with E-state index in [1.807, 2.05) is 46.7 Å². The Labute approximate surface area is 202 Å². The molecule has 1 saturated carbocycles. The van der Waals surface area contributed by atoms with E-state index >= 15 is 0 Å². The van der Waals surface area contributed by atoms with Crippen molar-refractivity contribution in [1.29, 1.82) is 0 Å². The number of methoxy groups -OCH3 is 2. The van der Waals surface area contributed by atoms with Crippen LogP contribution in [0.2, 0.25) is 0 Å². The van der Waals surface area contributed by atoms with E-state index in [1.54, 1.807) is 42.2 Å². The lowest BCUT2D eigenvalue weighted by Gasteiger charge is -2.29. The van der Waals surface area contributed by atoms with E-state index in [9.17, 15) is 9.59 Å². The van der Waals surface area contributed by atoms with Gasteiger partial charge in [-0.1, -0.05) is 31.0 Å². The average Bonchev–Trinajstić information content (AvgIpc) is 3.57. The first-order valence-corrected chi connectivity index (χ1v) is 12.5. The second kappa shape index (κ2) is 9.60. The molecule has 0 unspecified atom stereocenters. The Morgan fingerprint density at radius 3 is 2.68 bits per heavy atom. The zero-order chi connectivity index (χ0) is 23.7. The zero-order valence-corrected chi connectivity index (χ0v) is 20.3. The molecular weight excluding hydrogens is 448 g/mol. The Bertz CT molecular complexity index is 1400. The fourth-order valence-corrected chi connectivity index (χ4v) is 5.98. The van der Waals surface area contributed by atoms with Crippen molar-refractivity contribution in [3.05, 3.63) is 70.0 Å². The van der Waals surface area contributed by atoms with Crippen molar-refractivity contribution in [2.75, 3.05) is 27.4 Å². The largest absolute Gasteiger partial charge is 0.496 e. The van der Waals surface area contributed by atoms with Gasteiger partial charge in [-0.15, -0.1) is 11.3 Å². The second-order valence-electron chi connectivity index (χ2n) is 8.65. The Kier molecular flexibility index (Phi) is 6.39. The van der Waals surface area contributed by atoms with Crippen molar-refractivity contribution in [2.24, 2.45) is 0 Å². The quantitative estimate of drug-likeness (QED) is 0.367. The summed E-state index contributed by atoms with van der Waals surface area (Å²) in [6.45, 7) is 0.996. The molecule has 0 spiro atoms. The van der Waals surface area contributed by atoms with Crippen LogP contribution in [0, 0.1) is 0 Å². The SMILES string of the molecule is COCCN(C(=O)c1cc(-c2ccccc2OC)c(=O)n2ccc3ccsc3c12)C1CCCC1. The van der Waals surface area contributed by atoms with E-state index < -0.39 is 0 Å². The lowest BCUT2D eigenvalue weighted by atomic mass is 10.0. The highest BCUT2D eigenvalue weighted by Crippen LogP contribution is 2.34. The highest BCUT2D eigenvalue weighted by molar-refractivity contribution is 7.18. The molecule has 1 fully saturated rings. The van der Waals surface area contributed by atoms with Gasteiger partial charge < -0.3 is 14.4 Å². The molecule has 0 N–H and O–H groups in total. The normalized spacial score (nSPS) is 14.2. The van der Waals surface area contributed by atoms with Crippen LogP contribution in [0.25, 0.3) is 26.7 Å². The Morgan fingerprint density at radius 2 is 1.91 bits per heavy atom. The van der Waals surface area contributed by atoms with E-state index in [0.717, 1.165) is 35.8 Å². The Hall–Kier alpha value is -3.16. The first-order chi connectivity index (χ1) is 16.6. The summed E-state index contributed by atoms with van der Waals surface area (Å²) in [6.07, 6.45) is 6.01. The summed E-state index contributed by atoms with van der Waals surface area (Å²) in [5, 5.41) is 3.02. The van der Waals surface area contributed by atoms with Crippen LogP contribution >= 0.6 is 11.3 Å². The molecular formula is C27H28N2O4S. The van der Waals surface area contributed by atoms with E-state index in [1.165, 1.54) is 0 Å². The number of benzene rings is 1. The molecule has 3 aromatic heterocycles. The van der Waals surface area contributed by atoms with E-state index in [0.29, 0.717) is 41.1 Å². The predicted octanol–water partition coefficient (Wildman–Crippen LogP) is 5.22. The lowest BCUT2D eigenvalue weighted by Crippen LogP contribution is -2.41. The number of thiophene rings is 1. The monoisotopic (exact) mass is 476 g/mol. The molecule has 0 bridgehead atoms. The maximum Gasteiger partial charge on any atom is 0.263 e. The van der Waals surface area contributed by atoms with Gasteiger partial charge in [-0.25, -0.2) is 0 Å². The number of carbonyl (C=O) groups excluding carboxylic acids is 1. The number of fused-ring (bicyclic) bond motifs is 3. The van der Waals surface area contributed by atoms with Crippen LogP contribution in [-0.4, -0.2) is 48.6 Å². The number of pyridine rings is 2. The number of para-hydroxylation sites is 1. The Morgan fingerprint density at radius 1 is 1.12 bits per heavy atom. The average molecular weight is 477 g/mol. The van der Waals surface area contributed by atoms with Crippen LogP contribution < -0.4 is 10.3 Å². The molecule has 6 nitrogen and oxygen atoms in total. The van der Waals surface area contributed by atoms with Gasteiger partial charge in [0.05, 0.1) is 35.1 Å². The van der Waals surface area contributed by atoms with Crippen LogP contribution in [0.15, 0.2) is 58.8 Å². The van der Waals surface area contributed by atoms with E-state index in [-0.39, 0.29) is 17.5 Å². The van der Waals surface area contributed by atoms with Gasteiger partial charge in [0.25, 0.3) is 11.5 Å². The number of nitrogens with zero attached hydrogens (tertiary/aromatic N) is 2. The van der Waals surface area contributed by atoms with E-state index in [2.05, 4.69) is 0 Å². The molecule has 1 aliphatic carbocycles. The van der Waals surface area contributed by atoms with Crippen LogP contribution in [0.4, 0.5) is 0 Å². The summed E-state index contributed by atoms with van der Waals surface area (Å²) in [4.78, 5) is 29.9. The minimum absolute atomic E-state index is 0.0569. The summed E-state index contributed by atoms with van der Waals surface area (Å²) < 4.78 is 13.5. The maximum atomic E-state index is 14.2. The molecule has 7 heteroatoms. The highest BCUT2D eigenvalue weighted by atomic mass is 32.1. The predicted molar refractivity (Wildman–Crippen MR) is 136 cm³/mol. The number of amides is 1. The number of aromatic nitrogens is 1. The molecule has 1 aliphatic rings. The first kappa shape index (κ1) is 22.6. The summed E-state index contributed by atoms with van der Waals surface area (Å²) in [7, 11) is 3.25. The minimum atomic E-state index is -0.171. The van der Waals surface area contributed by atoms with Gasteiger partial charge in [-0.3, -0.25) is 14.0 Å². The number of hydrogen-bond acceptors (Lipinski definition) is 5. The van der Waals surface area contributed by atoms with Crippen LogP contribution in [0.3, 0.4) is 0 Å². The summed E-state index contributed by atoms with van der Waals surface area (Å²) >= 11 is 1.55. The molecule has 0 aliphatic heterocycles. The molecule has 5 rings (SSSR count). The van der Waals surface area contributed by atoms with E-state index in [4.69, 9.17) is 9.47 Å². The van der Waals surface area contributed by atoms with Crippen LogP contribution in [-0.2, 0) is 4.74 Å². The van der Waals surface area contributed by atoms with Gasteiger partial charge in [-0.2, -0.15) is 0 Å². The third kappa shape index (κ3) is 3.89. The van der Waals surface area contributed by atoms with Crippen LogP contribution in [0.1, 0.15) is 36.0 Å². The van der Waals surface area contributed by atoms with Crippen molar-refractivity contribution < 1.29 is 14.3 Å². The molecule has 1 aromatic carbocycles. The molecule has 0 saturated heterocycles. The Balaban J connectivity index is 1.78. The van der Waals surface area contributed by atoms with Crippen molar-refractivity contribution >= 4 is 32.8 Å². The molecule has 176 valence electrons. The molecule has 34 heavy (non-hydrogen) atoms. The van der Waals surface area contributed by atoms with Gasteiger partial charge in [0, 0.05) is 31.5 Å². The lowest BCUT2D eigenvalue weighted by molar-refractivity contribution is 0.0607. The third-order valence-corrected chi connectivity index (χ3v) is 7.67. The molecule has 1 amide bonds. The van der Waals surface area contributed by atoms with Gasteiger partial charge in [-0.05, 0) is 47.9 Å². The zero-order valence-electron chi connectivity index (χ0n) is 19.5. The maximum absolute atomic E-state index is 14.2. The minimum Gasteiger partial charge on any atom is -0.496 e. The summed E-state index contributed by atoms with van der Waals surface area (Å²) in [5.74, 6) is 0.542. The smallest absolute Gasteiger partial charge is 0.263 e. The summed E-state index contributed by atoms with van der Waals surface area (Å²) in [5.41, 5.74) is 2.16. The van der Waals surface area contributed by atoms with Crippen molar-refractivity contribution in [2.45, 2.75) is 31.7 Å². The molecule has 0 radical (unpaired) electrons. The number of rotatable bonds is 7. The van der Waals surface area contributed by atoms with Gasteiger partial charge in [0.15, 0.2) is 0 Å². The van der Waals surface area contributed by atoms with Crippen molar-refractivity contribution in [3.63, 3.8) is 0 Å². The topological polar surface area (TPSA) is 60.2 Å². The van der Waals surface area contributed by atoms with Gasteiger partial charge in [0.2, 0.25) is 0 Å². The number of ether oxygens (including phenoxy) is 2. The molecule has 0 atom stereocenters. The third-order valence-electron chi connectivity index (χ3n) is 6.74. The highest BCUT2D eigenvalue weighted by Gasteiger charge is 2.30. The number of carbonyl (C=O) groups is 1. The second-order valence-corrected chi connectivity index (χ2v) is 9.56. The number of hydrogen-bond donors (Lipinski definition) is 0. The first-order valence-electron chi connectivity index (χ1n) is 11.6. The van der Waals surface area contributed by atoms with Gasteiger partial charge >= 0.3 is 0 Å². The molecule has 4 aromatic rings. The van der Waals surface area contributed by atoms with Crippen molar-refractivity contribution in [3.8, 4) is 16.9 Å². The fraction of sp³-hybridized carbons (Fsp3) is 0.333. The standard InChI is InChI=1S/C27H28N2O4S/c1-32-15-14-28(19-7-3-4-8-19)27(31)22-17-21(20-9-5-6-10-23(20)33-2)26(30)29-13-11-18-12-16-34-25(18)24(22)29/h5-6,9-13,16-17,19H,3-4,7-8,14-15H2,1-2H3. The van der Waals surface area contributed by atoms with Crippen molar-refractivity contribution in [1.82, 2.24) is 9.30 Å². The molecule has 3 heterocycles. The van der Waals surface area contributed by atoms with Gasteiger partial charge in [0.1, 0.15) is 5.75 Å².